The average Bonchev–Trinajstić information content (AvgIpc) is 3.31. The lowest BCUT2D eigenvalue weighted by Gasteiger charge is -2.07. The third kappa shape index (κ3) is 4.04. The largest absolute Gasteiger partial charge is 0.493 e. The van der Waals surface area contributed by atoms with Crippen molar-refractivity contribution in [2.45, 2.75) is 0 Å². The molecule has 0 unspecified atom stereocenters. The molecule has 0 bridgehead atoms. The summed E-state index contributed by atoms with van der Waals surface area (Å²) in [4.78, 5) is 12.0. The third-order valence-corrected chi connectivity index (χ3v) is 4.08. The highest BCUT2D eigenvalue weighted by atomic mass is 32.1. The highest BCUT2D eigenvalue weighted by Crippen LogP contribution is 2.28. The van der Waals surface area contributed by atoms with Crippen molar-refractivity contribution in [2.75, 3.05) is 19.5 Å². The standard InChI is InChI=1S/C17H15N3O4S/c1-22-12-7-5-11(10-14(12)23-2)6-8-15(21)18-17-20-19-16(25-17)13-4-3-9-24-13/h3-10H,1-2H3,(H,18,20,21). The van der Waals surface area contributed by atoms with Crippen LogP contribution in [0.25, 0.3) is 16.8 Å². The van der Waals surface area contributed by atoms with Gasteiger partial charge in [-0.2, -0.15) is 0 Å². The van der Waals surface area contributed by atoms with Gasteiger partial charge >= 0.3 is 0 Å². The highest BCUT2D eigenvalue weighted by molar-refractivity contribution is 7.18. The van der Waals surface area contributed by atoms with Gasteiger partial charge in [0.25, 0.3) is 0 Å². The number of benzene rings is 1. The van der Waals surface area contributed by atoms with Crippen LogP contribution in [0.3, 0.4) is 0 Å². The van der Waals surface area contributed by atoms with Crippen LogP contribution in [0.2, 0.25) is 0 Å². The smallest absolute Gasteiger partial charge is 0.250 e. The summed E-state index contributed by atoms with van der Waals surface area (Å²) in [6.45, 7) is 0. The second-order valence-corrected chi connectivity index (χ2v) is 5.80. The zero-order valence-corrected chi connectivity index (χ0v) is 14.4. The molecule has 2 heterocycles. The Kier molecular flexibility index (Phi) is 5.10. The predicted octanol–water partition coefficient (Wildman–Crippen LogP) is 3.47. The van der Waals surface area contributed by atoms with E-state index < -0.39 is 0 Å². The summed E-state index contributed by atoms with van der Waals surface area (Å²) >= 11 is 1.23. The number of nitrogens with zero attached hydrogens (tertiary/aromatic N) is 2. The fraction of sp³-hybridized carbons (Fsp3) is 0.118. The molecule has 0 aliphatic carbocycles. The molecule has 7 nitrogen and oxygen atoms in total. The summed E-state index contributed by atoms with van der Waals surface area (Å²) in [5.74, 6) is 1.52. The summed E-state index contributed by atoms with van der Waals surface area (Å²) in [6, 6.07) is 8.92. The Balaban J connectivity index is 1.65. The molecule has 3 rings (SSSR count). The van der Waals surface area contributed by atoms with Crippen LogP contribution in [-0.2, 0) is 4.79 Å². The van der Waals surface area contributed by atoms with E-state index in [0.29, 0.717) is 27.4 Å². The van der Waals surface area contributed by atoms with E-state index in [2.05, 4.69) is 15.5 Å². The Labute approximate surface area is 147 Å². The van der Waals surface area contributed by atoms with Crippen LogP contribution >= 0.6 is 11.3 Å². The molecule has 3 aromatic rings. The second kappa shape index (κ2) is 7.63. The monoisotopic (exact) mass is 357 g/mol. The molecule has 0 saturated heterocycles. The van der Waals surface area contributed by atoms with E-state index >= 15 is 0 Å². The van der Waals surface area contributed by atoms with Crippen molar-refractivity contribution in [3.05, 3.63) is 48.2 Å². The van der Waals surface area contributed by atoms with Gasteiger partial charge < -0.3 is 13.9 Å². The summed E-state index contributed by atoms with van der Waals surface area (Å²) < 4.78 is 15.7. The first-order valence-corrected chi connectivity index (χ1v) is 8.09. The van der Waals surface area contributed by atoms with Crippen LogP contribution < -0.4 is 14.8 Å². The number of ether oxygens (including phenoxy) is 2. The number of carbonyl (C=O) groups is 1. The lowest BCUT2D eigenvalue weighted by molar-refractivity contribution is -0.111. The first kappa shape index (κ1) is 16.7. The minimum atomic E-state index is -0.308. The van der Waals surface area contributed by atoms with Gasteiger partial charge in [0.15, 0.2) is 22.3 Å². The topological polar surface area (TPSA) is 86.5 Å². The van der Waals surface area contributed by atoms with E-state index in [0.717, 1.165) is 5.56 Å². The van der Waals surface area contributed by atoms with Crippen molar-refractivity contribution in [1.29, 1.82) is 0 Å². The molecule has 2 aromatic heterocycles. The number of furan rings is 1. The first-order valence-electron chi connectivity index (χ1n) is 7.28. The van der Waals surface area contributed by atoms with Crippen molar-refractivity contribution in [3.8, 4) is 22.3 Å². The van der Waals surface area contributed by atoms with Gasteiger partial charge in [-0.1, -0.05) is 17.4 Å². The van der Waals surface area contributed by atoms with Crippen LogP contribution in [0.5, 0.6) is 11.5 Å². The summed E-state index contributed by atoms with van der Waals surface area (Å²) in [6.07, 6.45) is 4.64. The van der Waals surface area contributed by atoms with Gasteiger partial charge in [0, 0.05) is 6.08 Å². The number of nitrogens with one attached hydrogen (secondary N) is 1. The molecule has 0 fully saturated rings. The van der Waals surface area contributed by atoms with Crippen molar-refractivity contribution < 1.29 is 18.7 Å². The second-order valence-electron chi connectivity index (χ2n) is 4.83. The van der Waals surface area contributed by atoms with Crippen LogP contribution in [0.4, 0.5) is 5.13 Å². The fourth-order valence-electron chi connectivity index (χ4n) is 2.05. The van der Waals surface area contributed by atoms with Gasteiger partial charge in [-0.15, -0.1) is 10.2 Å². The van der Waals surface area contributed by atoms with Gasteiger partial charge in [-0.3, -0.25) is 10.1 Å². The van der Waals surface area contributed by atoms with Gasteiger partial charge in [0.1, 0.15) is 0 Å². The predicted molar refractivity (Wildman–Crippen MR) is 94.8 cm³/mol. The molecule has 0 atom stereocenters. The normalized spacial score (nSPS) is 10.8. The molecule has 0 aliphatic rings. The third-order valence-electron chi connectivity index (χ3n) is 3.22. The molecule has 8 heteroatoms. The number of rotatable bonds is 6. The van der Waals surface area contributed by atoms with Gasteiger partial charge in [-0.05, 0) is 35.9 Å². The molecular weight excluding hydrogens is 342 g/mol. The maximum absolute atomic E-state index is 12.0. The van der Waals surface area contributed by atoms with Crippen molar-refractivity contribution in [3.63, 3.8) is 0 Å². The fourth-order valence-corrected chi connectivity index (χ4v) is 2.76. The van der Waals surface area contributed by atoms with E-state index in [4.69, 9.17) is 13.9 Å². The highest BCUT2D eigenvalue weighted by Gasteiger charge is 2.10. The van der Waals surface area contributed by atoms with Gasteiger partial charge in [0.2, 0.25) is 11.0 Å². The number of hydrogen-bond donors (Lipinski definition) is 1. The molecule has 0 saturated carbocycles. The van der Waals surface area contributed by atoms with E-state index in [1.165, 1.54) is 17.4 Å². The van der Waals surface area contributed by atoms with E-state index in [1.807, 2.05) is 6.07 Å². The summed E-state index contributed by atoms with van der Waals surface area (Å²) in [7, 11) is 3.13. The average molecular weight is 357 g/mol. The number of hydrogen-bond acceptors (Lipinski definition) is 7. The Hall–Kier alpha value is -3.13. The summed E-state index contributed by atoms with van der Waals surface area (Å²) in [5, 5.41) is 11.6. The number of methoxy groups -OCH3 is 2. The first-order chi connectivity index (χ1) is 12.2. The van der Waals surface area contributed by atoms with E-state index in [9.17, 15) is 4.79 Å². The molecule has 0 aliphatic heterocycles. The molecule has 1 N–H and O–H groups in total. The molecular formula is C17H15N3O4S. The van der Waals surface area contributed by atoms with E-state index in [1.54, 1.807) is 50.8 Å². The minimum absolute atomic E-state index is 0.308. The lowest BCUT2D eigenvalue weighted by Crippen LogP contribution is -2.07. The summed E-state index contributed by atoms with van der Waals surface area (Å²) in [5.41, 5.74) is 0.807. The zero-order chi connectivity index (χ0) is 17.6. The molecule has 0 spiro atoms. The van der Waals surface area contributed by atoms with Gasteiger partial charge in [0.05, 0.1) is 20.5 Å². The molecule has 25 heavy (non-hydrogen) atoms. The number of aromatic nitrogens is 2. The Morgan fingerprint density at radius 1 is 1.20 bits per heavy atom. The van der Waals surface area contributed by atoms with Crippen LogP contribution in [0.1, 0.15) is 5.56 Å². The van der Waals surface area contributed by atoms with Crippen LogP contribution in [0.15, 0.2) is 47.1 Å². The zero-order valence-electron chi connectivity index (χ0n) is 13.6. The molecule has 128 valence electrons. The Morgan fingerprint density at radius 2 is 2.04 bits per heavy atom. The van der Waals surface area contributed by atoms with E-state index in [-0.39, 0.29) is 5.91 Å². The Bertz CT molecular complexity index is 887. The van der Waals surface area contributed by atoms with Crippen molar-refractivity contribution in [2.24, 2.45) is 0 Å². The Morgan fingerprint density at radius 3 is 2.76 bits per heavy atom. The minimum Gasteiger partial charge on any atom is -0.493 e. The molecule has 1 aromatic carbocycles. The number of amides is 1. The maximum atomic E-state index is 12.0. The number of carbonyl (C=O) groups excluding carboxylic acids is 1. The maximum Gasteiger partial charge on any atom is 0.250 e. The van der Waals surface area contributed by atoms with Gasteiger partial charge in [-0.25, -0.2) is 0 Å². The van der Waals surface area contributed by atoms with Crippen molar-refractivity contribution in [1.82, 2.24) is 10.2 Å². The quantitative estimate of drug-likeness (QED) is 0.680. The molecule has 1 amide bonds. The SMILES string of the molecule is COc1ccc(C=CC(=O)Nc2nnc(-c3ccco3)s2)cc1OC. The number of anilines is 1. The van der Waals surface area contributed by atoms with Crippen LogP contribution in [0, 0.1) is 0 Å². The molecule has 0 radical (unpaired) electrons. The van der Waals surface area contributed by atoms with Crippen molar-refractivity contribution >= 4 is 28.5 Å². The van der Waals surface area contributed by atoms with Crippen LogP contribution in [-0.4, -0.2) is 30.3 Å². The lowest BCUT2D eigenvalue weighted by atomic mass is 10.2.